The minimum Gasteiger partial charge on any atom is -0.251 e. The second kappa shape index (κ2) is 4.17. The molecular formula is C12H19ClN2. The monoisotopic (exact) mass is 226 g/mol. The van der Waals surface area contributed by atoms with Gasteiger partial charge in [-0.25, -0.2) is 0 Å². The molecule has 84 valence electrons. The number of halogens is 1. The molecule has 2 rings (SSSR count). The van der Waals surface area contributed by atoms with Crippen molar-refractivity contribution in [1.82, 2.24) is 9.78 Å². The first-order valence-electron chi connectivity index (χ1n) is 5.82. The molecule has 1 atom stereocenters. The molecule has 2 nitrogen and oxygen atoms in total. The van der Waals surface area contributed by atoms with Crippen LogP contribution in [0.2, 0.25) is 5.15 Å². The smallest absolute Gasteiger partial charge is 0.127 e. The van der Waals surface area contributed by atoms with Crippen molar-refractivity contribution in [2.75, 3.05) is 0 Å². The lowest BCUT2D eigenvalue weighted by molar-refractivity contribution is 0.435. The summed E-state index contributed by atoms with van der Waals surface area (Å²) in [6, 6.07) is 2.49. The molecule has 15 heavy (non-hydrogen) atoms. The van der Waals surface area contributed by atoms with Gasteiger partial charge in [0.25, 0.3) is 0 Å². The molecule has 0 aliphatic heterocycles. The molecule has 0 radical (unpaired) electrons. The minimum atomic E-state index is 0.471. The first-order chi connectivity index (χ1) is 7.08. The molecule has 1 saturated carbocycles. The van der Waals surface area contributed by atoms with E-state index in [1.54, 1.807) is 0 Å². The van der Waals surface area contributed by atoms with Crippen LogP contribution in [0.5, 0.6) is 0 Å². The van der Waals surface area contributed by atoms with Gasteiger partial charge < -0.3 is 0 Å². The molecule has 1 aromatic rings. The first kappa shape index (κ1) is 11.0. The molecule has 0 saturated heterocycles. The summed E-state index contributed by atoms with van der Waals surface area (Å²) < 4.78 is 2.00. The summed E-state index contributed by atoms with van der Waals surface area (Å²) in [6.45, 7) is 6.63. The molecule has 0 aromatic carbocycles. The molecule has 1 heterocycles. The third kappa shape index (κ3) is 2.54. The van der Waals surface area contributed by atoms with Crippen molar-refractivity contribution in [1.29, 1.82) is 0 Å². The molecule has 1 fully saturated rings. The summed E-state index contributed by atoms with van der Waals surface area (Å²) in [5, 5.41) is 5.39. The van der Waals surface area contributed by atoms with Crippen molar-refractivity contribution in [2.45, 2.75) is 46.1 Å². The molecule has 1 aliphatic rings. The van der Waals surface area contributed by atoms with E-state index in [4.69, 9.17) is 11.6 Å². The highest BCUT2D eigenvalue weighted by Crippen LogP contribution is 2.40. The number of rotatable bonds is 4. The zero-order valence-corrected chi connectivity index (χ0v) is 10.5. The largest absolute Gasteiger partial charge is 0.251 e. The van der Waals surface area contributed by atoms with Crippen molar-refractivity contribution in [3.8, 4) is 0 Å². The fourth-order valence-corrected chi connectivity index (χ4v) is 2.32. The summed E-state index contributed by atoms with van der Waals surface area (Å²) >= 11 is 6.20. The van der Waals surface area contributed by atoms with E-state index in [-0.39, 0.29) is 0 Å². The van der Waals surface area contributed by atoms with Crippen LogP contribution in [0.25, 0.3) is 0 Å². The molecule has 0 amide bonds. The molecular weight excluding hydrogens is 208 g/mol. The van der Waals surface area contributed by atoms with Crippen LogP contribution in [-0.4, -0.2) is 9.78 Å². The molecule has 3 heteroatoms. The topological polar surface area (TPSA) is 17.8 Å². The van der Waals surface area contributed by atoms with E-state index in [1.807, 2.05) is 10.7 Å². The van der Waals surface area contributed by atoms with Gasteiger partial charge in [0, 0.05) is 0 Å². The Balaban J connectivity index is 2.13. The second-order valence-electron chi connectivity index (χ2n) is 5.08. The summed E-state index contributed by atoms with van der Waals surface area (Å²) in [5.41, 5.74) is 1.13. The number of hydrogen-bond acceptors (Lipinski definition) is 1. The Bertz CT molecular complexity index is 339. The van der Waals surface area contributed by atoms with Crippen molar-refractivity contribution in [3.63, 3.8) is 0 Å². The fraction of sp³-hybridized carbons (Fsp3) is 0.750. The lowest BCUT2D eigenvalue weighted by atomic mass is 10.1. The van der Waals surface area contributed by atoms with Gasteiger partial charge in [0.05, 0.1) is 11.7 Å². The average molecular weight is 227 g/mol. The molecule has 1 unspecified atom stereocenters. The van der Waals surface area contributed by atoms with Crippen LogP contribution >= 0.6 is 11.6 Å². The maximum absolute atomic E-state index is 6.20. The summed E-state index contributed by atoms with van der Waals surface area (Å²) in [4.78, 5) is 0. The molecule has 0 N–H and O–H groups in total. The maximum Gasteiger partial charge on any atom is 0.127 e. The molecule has 0 spiro atoms. The van der Waals surface area contributed by atoms with Crippen molar-refractivity contribution < 1.29 is 0 Å². The number of hydrogen-bond donors (Lipinski definition) is 0. The zero-order valence-electron chi connectivity index (χ0n) is 9.70. The van der Waals surface area contributed by atoms with Crippen LogP contribution in [0.1, 0.15) is 45.3 Å². The minimum absolute atomic E-state index is 0.471. The van der Waals surface area contributed by atoms with Crippen molar-refractivity contribution in [2.24, 2.45) is 11.8 Å². The van der Waals surface area contributed by atoms with Crippen LogP contribution in [0, 0.1) is 11.8 Å². The predicted octanol–water partition coefficient (Wildman–Crippen LogP) is 3.71. The second-order valence-corrected chi connectivity index (χ2v) is 5.47. The third-order valence-corrected chi connectivity index (χ3v) is 3.33. The molecule has 0 bridgehead atoms. The molecule has 1 aromatic heterocycles. The van der Waals surface area contributed by atoms with Gasteiger partial charge >= 0.3 is 0 Å². The zero-order chi connectivity index (χ0) is 11.0. The summed E-state index contributed by atoms with van der Waals surface area (Å²) in [6.07, 6.45) is 3.68. The van der Waals surface area contributed by atoms with E-state index in [0.29, 0.717) is 12.0 Å². The van der Waals surface area contributed by atoms with Gasteiger partial charge in [0.1, 0.15) is 5.15 Å². The van der Waals surface area contributed by atoms with Crippen LogP contribution < -0.4 is 0 Å². The lowest BCUT2D eigenvalue weighted by Gasteiger charge is -2.11. The Morgan fingerprint density at radius 3 is 2.67 bits per heavy atom. The van der Waals surface area contributed by atoms with Crippen LogP contribution in [0.3, 0.4) is 0 Å². The predicted molar refractivity (Wildman–Crippen MR) is 63.2 cm³/mol. The summed E-state index contributed by atoms with van der Waals surface area (Å²) in [7, 11) is 0. The highest BCUT2D eigenvalue weighted by Gasteiger charge is 2.30. The average Bonchev–Trinajstić information content (AvgIpc) is 2.90. The van der Waals surface area contributed by atoms with Gasteiger partial charge in [-0.3, -0.25) is 4.68 Å². The van der Waals surface area contributed by atoms with E-state index < -0.39 is 0 Å². The van der Waals surface area contributed by atoms with E-state index in [2.05, 4.69) is 25.9 Å². The van der Waals surface area contributed by atoms with E-state index in [9.17, 15) is 0 Å². The number of nitrogens with zero attached hydrogens (tertiary/aromatic N) is 2. The summed E-state index contributed by atoms with van der Waals surface area (Å²) in [5.74, 6) is 1.44. The highest BCUT2D eigenvalue weighted by atomic mass is 35.5. The highest BCUT2D eigenvalue weighted by molar-refractivity contribution is 6.29. The Labute approximate surface area is 96.6 Å². The van der Waals surface area contributed by atoms with Crippen LogP contribution in [0.4, 0.5) is 0 Å². The third-order valence-electron chi connectivity index (χ3n) is 3.05. The quantitative estimate of drug-likeness (QED) is 0.766. The van der Waals surface area contributed by atoms with Gasteiger partial charge in [-0.1, -0.05) is 25.4 Å². The Morgan fingerprint density at radius 1 is 1.47 bits per heavy atom. The normalized spacial score (nSPS) is 18.5. The van der Waals surface area contributed by atoms with Crippen molar-refractivity contribution >= 4 is 11.6 Å². The van der Waals surface area contributed by atoms with Crippen LogP contribution in [0.15, 0.2) is 6.07 Å². The first-order valence-corrected chi connectivity index (χ1v) is 6.19. The lowest BCUT2D eigenvalue weighted by Crippen LogP contribution is -2.09. The Morgan fingerprint density at radius 2 is 2.13 bits per heavy atom. The van der Waals surface area contributed by atoms with Crippen molar-refractivity contribution in [3.05, 3.63) is 16.9 Å². The SMILES string of the molecule is CC(C)Cc1cc(Cl)n(C(C)C2CC2)n1. The van der Waals surface area contributed by atoms with Gasteiger partial charge in [-0.15, -0.1) is 0 Å². The van der Waals surface area contributed by atoms with Crippen LogP contribution in [-0.2, 0) is 6.42 Å². The van der Waals surface area contributed by atoms with Gasteiger partial charge in [0.2, 0.25) is 0 Å². The van der Waals surface area contributed by atoms with Gasteiger partial charge in [0.15, 0.2) is 0 Å². The van der Waals surface area contributed by atoms with E-state index in [0.717, 1.165) is 23.2 Å². The van der Waals surface area contributed by atoms with Gasteiger partial charge in [-0.2, -0.15) is 5.10 Å². The Hall–Kier alpha value is -0.500. The Kier molecular flexibility index (Phi) is 3.06. The molecule has 1 aliphatic carbocycles. The van der Waals surface area contributed by atoms with Gasteiger partial charge in [-0.05, 0) is 44.1 Å². The standard InChI is InChI=1S/C12H19ClN2/c1-8(2)6-11-7-12(13)15(14-11)9(3)10-4-5-10/h7-10H,4-6H2,1-3H3. The van der Waals surface area contributed by atoms with E-state index >= 15 is 0 Å². The number of aromatic nitrogens is 2. The fourth-order valence-electron chi connectivity index (χ4n) is 2.00. The maximum atomic E-state index is 6.20. The van der Waals surface area contributed by atoms with E-state index in [1.165, 1.54) is 12.8 Å².